The molecule has 0 bridgehead atoms. The van der Waals surface area contributed by atoms with E-state index in [2.05, 4.69) is 32.8 Å². The molecule has 18 heavy (non-hydrogen) atoms. The molecule has 0 fully saturated rings. The van der Waals surface area contributed by atoms with Gasteiger partial charge in [0.15, 0.2) is 0 Å². The third-order valence-corrected chi connectivity index (χ3v) is 3.14. The Morgan fingerprint density at radius 3 is 2.89 bits per heavy atom. The first-order valence-electron chi connectivity index (χ1n) is 6.35. The number of likely N-dealkylation sites (N-methyl/N-ethyl adjacent to an activating group) is 1. The molecule has 1 unspecified atom stereocenters. The Labute approximate surface area is 108 Å². The summed E-state index contributed by atoms with van der Waals surface area (Å²) < 4.78 is 2.17. The van der Waals surface area contributed by atoms with Crippen LogP contribution in [-0.4, -0.2) is 21.6 Å². The van der Waals surface area contributed by atoms with Crippen molar-refractivity contribution in [2.75, 3.05) is 7.05 Å². The van der Waals surface area contributed by atoms with E-state index in [1.807, 2.05) is 38.5 Å². The van der Waals surface area contributed by atoms with Crippen LogP contribution in [0.4, 0.5) is 0 Å². The molecule has 2 aromatic heterocycles. The molecule has 1 atom stereocenters. The molecule has 2 rings (SSSR count). The number of nitrogens with zero attached hydrogens (tertiary/aromatic N) is 3. The van der Waals surface area contributed by atoms with Gasteiger partial charge in [-0.25, -0.2) is 4.98 Å². The topological polar surface area (TPSA) is 42.7 Å². The van der Waals surface area contributed by atoms with Crippen molar-refractivity contribution in [2.45, 2.75) is 32.9 Å². The second-order valence-corrected chi connectivity index (χ2v) is 4.38. The fraction of sp³-hybridized carbons (Fsp3) is 0.429. The monoisotopic (exact) mass is 244 g/mol. The molecule has 4 nitrogen and oxygen atoms in total. The average molecular weight is 244 g/mol. The molecule has 0 amide bonds. The highest BCUT2D eigenvalue weighted by Gasteiger charge is 2.14. The number of aromatic nitrogens is 3. The third-order valence-electron chi connectivity index (χ3n) is 3.14. The van der Waals surface area contributed by atoms with Crippen LogP contribution < -0.4 is 5.32 Å². The molecule has 0 saturated heterocycles. The summed E-state index contributed by atoms with van der Waals surface area (Å²) in [5.74, 6) is 1.10. The van der Waals surface area contributed by atoms with Crippen LogP contribution in [0.15, 0.2) is 30.6 Å². The van der Waals surface area contributed by atoms with Gasteiger partial charge in [-0.3, -0.25) is 4.98 Å². The van der Waals surface area contributed by atoms with E-state index >= 15 is 0 Å². The lowest BCUT2D eigenvalue weighted by Gasteiger charge is -2.16. The van der Waals surface area contributed by atoms with Gasteiger partial charge in [-0.15, -0.1) is 0 Å². The van der Waals surface area contributed by atoms with Crippen molar-refractivity contribution in [2.24, 2.45) is 0 Å². The highest BCUT2D eigenvalue weighted by Crippen LogP contribution is 2.15. The van der Waals surface area contributed by atoms with Crippen molar-refractivity contribution < 1.29 is 0 Å². The molecule has 2 heterocycles. The lowest BCUT2D eigenvalue weighted by atomic mass is 10.1. The van der Waals surface area contributed by atoms with Crippen LogP contribution in [0.25, 0.3) is 0 Å². The molecule has 0 saturated carbocycles. The summed E-state index contributed by atoms with van der Waals surface area (Å²) in [7, 11) is 1.97. The summed E-state index contributed by atoms with van der Waals surface area (Å²) in [5.41, 5.74) is 2.12. The van der Waals surface area contributed by atoms with Crippen LogP contribution in [0.2, 0.25) is 0 Å². The number of imidazole rings is 1. The van der Waals surface area contributed by atoms with Gasteiger partial charge in [0, 0.05) is 31.1 Å². The van der Waals surface area contributed by atoms with Crippen molar-refractivity contribution in [1.82, 2.24) is 19.9 Å². The van der Waals surface area contributed by atoms with E-state index in [0.29, 0.717) is 0 Å². The normalized spacial score (nSPS) is 12.6. The fourth-order valence-electron chi connectivity index (χ4n) is 2.11. The van der Waals surface area contributed by atoms with E-state index in [4.69, 9.17) is 0 Å². The smallest absolute Gasteiger partial charge is 0.110 e. The highest BCUT2D eigenvalue weighted by molar-refractivity contribution is 5.15. The second-order valence-electron chi connectivity index (χ2n) is 4.38. The Balaban J connectivity index is 2.20. The average Bonchev–Trinajstić information content (AvgIpc) is 2.83. The second kappa shape index (κ2) is 5.78. The molecular formula is C14H20N4. The summed E-state index contributed by atoms with van der Waals surface area (Å²) in [5, 5.41) is 3.32. The van der Waals surface area contributed by atoms with E-state index in [1.165, 1.54) is 0 Å². The zero-order valence-electron chi connectivity index (χ0n) is 11.2. The van der Waals surface area contributed by atoms with E-state index in [0.717, 1.165) is 30.2 Å². The maximum absolute atomic E-state index is 4.58. The van der Waals surface area contributed by atoms with Gasteiger partial charge in [0.2, 0.25) is 0 Å². The molecule has 1 N–H and O–H groups in total. The van der Waals surface area contributed by atoms with E-state index < -0.39 is 0 Å². The number of pyridine rings is 1. The quantitative estimate of drug-likeness (QED) is 0.876. The minimum absolute atomic E-state index is 0.206. The van der Waals surface area contributed by atoms with Gasteiger partial charge in [-0.2, -0.15) is 0 Å². The van der Waals surface area contributed by atoms with Crippen LogP contribution in [0, 0.1) is 6.92 Å². The lowest BCUT2D eigenvalue weighted by molar-refractivity contribution is 0.540. The first-order chi connectivity index (χ1) is 8.74. The number of hydrogen-bond acceptors (Lipinski definition) is 3. The lowest BCUT2D eigenvalue weighted by Crippen LogP contribution is -2.22. The first kappa shape index (κ1) is 12.8. The summed E-state index contributed by atoms with van der Waals surface area (Å²) in [4.78, 5) is 9.00. The predicted molar refractivity (Wildman–Crippen MR) is 72.4 cm³/mol. The Hall–Kier alpha value is -1.68. The van der Waals surface area contributed by atoms with Crippen molar-refractivity contribution >= 4 is 0 Å². The zero-order chi connectivity index (χ0) is 13.0. The first-order valence-corrected chi connectivity index (χ1v) is 6.35. The van der Waals surface area contributed by atoms with Crippen LogP contribution in [0.1, 0.15) is 30.2 Å². The minimum atomic E-state index is 0.206. The van der Waals surface area contributed by atoms with Gasteiger partial charge in [0.05, 0.1) is 11.7 Å². The van der Waals surface area contributed by atoms with Gasteiger partial charge in [-0.05, 0) is 33.0 Å². The fourth-order valence-corrected chi connectivity index (χ4v) is 2.11. The Morgan fingerprint density at radius 2 is 2.22 bits per heavy atom. The van der Waals surface area contributed by atoms with Gasteiger partial charge in [-0.1, -0.05) is 6.07 Å². The van der Waals surface area contributed by atoms with Gasteiger partial charge in [0.25, 0.3) is 0 Å². The number of rotatable bonds is 5. The van der Waals surface area contributed by atoms with Crippen molar-refractivity contribution in [3.63, 3.8) is 0 Å². The summed E-state index contributed by atoms with van der Waals surface area (Å²) in [6.07, 6.45) is 4.73. The molecule has 0 aromatic carbocycles. The summed E-state index contributed by atoms with van der Waals surface area (Å²) >= 11 is 0. The molecule has 0 spiro atoms. The third kappa shape index (κ3) is 2.76. The molecule has 2 aromatic rings. The number of hydrogen-bond donors (Lipinski definition) is 1. The minimum Gasteiger partial charge on any atom is -0.335 e. The SMILES string of the molecule is CCn1ccnc1CC(NC)c1cccc(C)n1. The van der Waals surface area contributed by atoms with E-state index in [-0.39, 0.29) is 6.04 Å². The molecule has 0 aliphatic rings. The van der Waals surface area contributed by atoms with Crippen LogP contribution >= 0.6 is 0 Å². The largest absolute Gasteiger partial charge is 0.335 e. The molecule has 96 valence electrons. The molecule has 0 radical (unpaired) electrons. The van der Waals surface area contributed by atoms with Gasteiger partial charge < -0.3 is 9.88 Å². The predicted octanol–water partition coefficient (Wildman–Crippen LogP) is 2.11. The molecule has 0 aliphatic carbocycles. The highest BCUT2D eigenvalue weighted by atomic mass is 15.1. The maximum Gasteiger partial charge on any atom is 0.110 e. The van der Waals surface area contributed by atoms with Crippen LogP contribution in [-0.2, 0) is 13.0 Å². The maximum atomic E-state index is 4.58. The number of aryl methyl sites for hydroxylation is 2. The zero-order valence-corrected chi connectivity index (χ0v) is 11.2. The van der Waals surface area contributed by atoms with Crippen molar-refractivity contribution in [3.05, 3.63) is 47.8 Å². The van der Waals surface area contributed by atoms with Crippen LogP contribution in [0.3, 0.4) is 0 Å². The van der Waals surface area contributed by atoms with Gasteiger partial charge in [0.1, 0.15) is 5.82 Å². The summed E-state index contributed by atoms with van der Waals surface area (Å²) in [6, 6.07) is 6.34. The van der Waals surface area contributed by atoms with Crippen molar-refractivity contribution in [3.8, 4) is 0 Å². The Morgan fingerprint density at radius 1 is 1.39 bits per heavy atom. The van der Waals surface area contributed by atoms with Gasteiger partial charge >= 0.3 is 0 Å². The summed E-state index contributed by atoms with van der Waals surface area (Å²) in [6.45, 7) is 5.10. The Bertz CT molecular complexity index is 504. The van der Waals surface area contributed by atoms with E-state index in [9.17, 15) is 0 Å². The standard InChI is InChI=1S/C14H20N4/c1-4-18-9-8-16-14(18)10-13(15-3)12-7-5-6-11(2)17-12/h5-9,13,15H,4,10H2,1-3H3. The van der Waals surface area contributed by atoms with E-state index in [1.54, 1.807) is 0 Å². The Kier molecular flexibility index (Phi) is 4.10. The molecule has 4 heteroatoms. The molecular weight excluding hydrogens is 224 g/mol. The van der Waals surface area contributed by atoms with Crippen LogP contribution in [0.5, 0.6) is 0 Å². The number of nitrogens with one attached hydrogen (secondary N) is 1. The van der Waals surface area contributed by atoms with Crippen molar-refractivity contribution in [1.29, 1.82) is 0 Å². The molecule has 0 aliphatic heterocycles.